The fourth-order valence-electron chi connectivity index (χ4n) is 3.32. The molecule has 2 heterocycles. The lowest BCUT2D eigenvalue weighted by molar-refractivity contribution is -0.149. The predicted octanol–water partition coefficient (Wildman–Crippen LogP) is 4.27. The minimum Gasteiger partial charge on any atom is -0.465 e. The smallest absolute Gasteiger partial charge is 0.326 e. The van der Waals surface area contributed by atoms with Crippen LogP contribution < -0.4 is 10.2 Å². The molecule has 0 bridgehead atoms. The van der Waals surface area contributed by atoms with Gasteiger partial charge in [-0.05, 0) is 39.8 Å². The number of benzene rings is 1. The van der Waals surface area contributed by atoms with Crippen molar-refractivity contribution in [2.45, 2.75) is 33.2 Å². The van der Waals surface area contributed by atoms with E-state index in [1.807, 2.05) is 0 Å². The Labute approximate surface area is 197 Å². The topological polar surface area (TPSA) is 112 Å². The number of carbonyl (C=O) groups excluding carboxylic acids is 3. The zero-order chi connectivity index (χ0) is 25.5. The van der Waals surface area contributed by atoms with Gasteiger partial charge < -0.3 is 10.1 Å². The molecule has 1 atom stereocenters. The van der Waals surface area contributed by atoms with Crippen molar-refractivity contribution in [2.75, 3.05) is 16.8 Å². The third kappa shape index (κ3) is 4.28. The van der Waals surface area contributed by atoms with Gasteiger partial charge in [0.2, 0.25) is 0 Å². The SMILES string of the molecule is CCOC(=O)C1C(=O)c2cc(F)c(F)c(Cl)c2N(c2nc(NC(C)(C)C)c(F)cc2C#N)C1=O. The van der Waals surface area contributed by atoms with Gasteiger partial charge >= 0.3 is 5.97 Å². The van der Waals surface area contributed by atoms with Gasteiger partial charge in [-0.25, -0.2) is 18.2 Å². The first-order valence-electron chi connectivity index (χ1n) is 9.93. The number of rotatable bonds is 4. The lowest BCUT2D eigenvalue weighted by Crippen LogP contribution is -2.47. The molecule has 1 amide bonds. The summed E-state index contributed by atoms with van der Waals surface area (Å²) < 4.78 is 47.9. The van der Waals surface area contributed by atoms with Crippen LogP contribution in [0.1, 0.15) is 43.6 Å². The van der Waals surface area contributed by atoms with Gasteiger partial charge in [0.1, 0.15) is 11.1 Å². The van der Waals surface area contributed by atoms with E-state index in [2.05, 4.69) is 10.3 Å². The van der Waals surface area contributed by atoms with Crippen molar-refractivity contribution in [1.82, 2.24) is 4.98 Å². The Bertz CT molecular complexity index is 1270. The number of hydrogen-bond donors (Lipinski definition) is 1. The second kappa shape index (κ2) is 8.95. The van der Waals surface area contributed by atoms with Gasteiger partial charge in [0.15, 0.2) is 40.8 Å². The van der Waals surface area contributed by atoms with E-state index in [-0.39, 0.29) is 12.4 Å². The molecule has 2 aromatic rings. The number of hydrogen-bond acceptors (Lipinski definition) is 7. The molecule has 0 radical (unpaired) electrons. The average Bonchev–Trinajstić information content (AvgIpc) is 2.74. The number of anilines is 3. The second-order valence-electron chi connectivity index (χ2n) is 8.28. The zero-order valence-electron chi connectivity index (χ0n) is 18.4. The minimum atomic E-state index is -2.11. The summed E-state index contributed by atoms with van der Waals surface area (Å²) in [4.78, 5) is 43.3. The van der Waals surface area contributed by atoms with Gasteiger partial charge in [0, 0.05) is 11.1 Å². The highest BCUT2D eigenvalue weighted by Crippen LogP contribution is 2.44. The van der Waals surface area contributed by atoms with Crippen LogP contribution in [0.3, 0.4) is 0 Å². The van der Waals surface area contributed by atoms with Crippen molar-refractivity contribution < 1.29 is 32.3 Å². The molecule has 1 aromatic heterocycles. The Morgan fingerprint density at radius 1 is 1.26 bits per heavy atom. The summed E-state index contributed by atoms with van der Waals surface area (Å²) in [5.41, 5.74) is -2.44. The number of nitrogens with zero attached hydrogens (tertiary/aromatic N) is 3. The van der Waals surface area contributed by atoms with E-state index in [1.165, 1.54) is 6.92 Å². The third-order valence-electron chi connectivity index (χ3n) is 4.66. The lowest BCUT2D eigenvalue weighted by Gasteiger charge is -2.33. The molecule has 0 saturated heterocycles. The van der Waals surface area contributed by atoms with E-state index in [0.717, 1.165) is 6.07 Å². The molecule has 1 unspecified atom stereocenters. The van der Waals surface area contributed by atoms with Crippen LogP contribution in [-0.2, 0) is 14.3 Å². The van der Waals surface area contributed by atoms with E-state index in [1.54, 1.807) is 26.8 Å². The highest BCUT2D eigenvalue weighted by molar-refractivity contribution is 6.39. The fourth-order valence-corrected chi connectivity index (χ4v) is 3.59. The van der Waals surface area contributed by atoms with Gasteiger partial charge in [-0.15, -0.1) is 0 Å². The standard InChI is InChI=1S/C22H18ClF3N4O4/c1-5-34-21(33)13-17(31)10-7-11(24)15(26)14(23)16(10)30(20(13)32)19-9(8-27)6-12(25)18(28-19)29-22(2,3)4/h6-7,13H,5H2,1-4H3,(H,28,29). The number of esters is 1. The molecule has 34 heavy (non-hydrogen) atoms. The van der Waals surface area contributed by atoms with Crippen LogP contribution in [0, 0.1) is 34.7 Å². The Balaban J connectivity index is 2.38. The summed E-state index contributed by atoms with van der Waals surface area (Å²) in [5.74, 6) is -10.7. The number of pyridine rings is 1. The van der Waals surface area contributed by atoms with Crippen molar-refractivity contribution >= 4 is 46.6 Å². The highest BCUT2D eigenvalue weighted by Gasteiger charge is 2.48. The Kier molecular flexibility index (Phi) is 6.57. The van der Waals surface area contributed by atoms with Crippen molar-refractivity contribution in [3.63, 3.8) is 0 Å². The molecule has 1 aromatic carbocycles. The molecule has 12 heteroatoms. The van der Waals surface area contributed by atoms with Crippen molar-refractivity contribution in [1.29, 1.82) is 5.26 Å². The quantitative estimate of drug-likeness (QED) is 0.383. The van der Waals surface area contributed by atoms with Crippen molar-refractivity contribution in [2.24, 2.45) is 5.92 Å². The van der Waals surface area contributed by atoms with E-state index in [9.17, 15) is 32.8 Å². The number of nitriles is 1. The zero-order valence-corrected chi connectivity index (χ0v) is 19.2. The molecule has 8 nitrogen and oxygen atoms in total. The van der Waals surface area contributed by atoms with Gasteiger partial charge in [-0.1, -0.05) is 11.6 Å². The van der Waals surface area contributed by atoms with Gasteiger partial charge in [-0.3, -0.25) is 19.3 Å². The molecule has 1 N–H and O–H groups in total. The maximum absolute atomic E-state index is 14.6. The fraction of sp³-hybridized carbons (Fsp3) is 0.318. The number of ether oxygens (including phenoxy) is 1. The van der Waals surface area contributed by atoms with Crippen LogP contribution in [0.2, 0.25) is 5.02 Å². The highest BCUT2D eigenvalue weighted by atomic mass is 35.5. The average molecular weight is 495 g/mol. The van der Waals surface area contributed by atoms with Crippen molar-refractivity contribution in [3.8, 4) is 6.07 Å². The van der Waals surface area contributed by atoms with Crippen molar-refractivity contribution in [3.05, 3.63) is 45.7 Å². The molecule has 1 aliphatic heterocycles. The summed E-state index contributed by atoms with van der Waals surface area (Å²) in [6.07, 6.45) is 0. The summed E-state index contributed by atoms with van der Waals surface area (Å²) in [6, 6.07) is 2.92. The molecule has 0 aliphatic carbocycles. The van der Waals surface area contributed by atoms with Crippen LogP contribution in [0.5, 0.6) is 0 Å². The summed E-state index contributed by atoms with van der Waals surface area (Å²) in [7, 11) is 0. The molecule has 3 rings (SSSR count). The molecular formula is C22H18ClF3N4O4. The number of carbonyl (C=O) groups is 3. The number of Topliss-reactive ketones (excluding diaryl/α,β-unsaturated/α-hetero) is 1. The number of amides is 1. The molecule has 0 fully saturated rings. The van der Waals surface area contributed by atoms with E-state index in [4.69, 9.17) is 16.3 Å². The Hall–Kier alpha value is -3.65. The first kappa shape index (κ1) is 25.0. The minimum absolute atomic E-state index is 0.181. The van der Waals surface area contributed by atoms with E-state index >= 15 is 0 Å². The number of halogens is 4. The largest absolute Gasteiger partial charge is 0.465 e. The van der Waals surface area contributed by atoms with E-state index < -0.39 is 74.2 Å². The van der Waals surface area contributed by atoms with Gasteiger partial charge in [-0.2, -0.15) is 5.26 Å². The summed E-state index contributed by atoms with van der Waals surface area (Å²) >= 11 is 5.98. The molecule has 1 aliphatic rings. The Morgan fingerprint density at radius 3 is 2.47 bits per heavy atom. The molecular weight excluding hydrogens is 477 g/mol. The Morgan fingerprint density at radius 2 is 1.91 bits per heavy atom. The summed E-state index contributed by atoms with van der Waals surface area (Å²) in [5, 5.41) is 11.4. The molecule has 178 valence electrons. The number of fused-ring (bicyclic) bond motifs is 1. The van der Waals surface area contributed by atoms with Gasteiger partial charge in [0.25, 0.3) is 5.91 Å². The van der Waals surface area contributed by atoms with Gasteiger partial charge in [0.05, 0.1) is 17.9 Å². The monoisotopic (exact) mass is 494 g/mol. The van der Waals surface area contributed by atoms with Crippen LogP contribution >= 0.6 is 11.6 Å². The maximum atomic E-state index is 14.6. The normalized spacial score (nSPS) is 15.6. The van der Waals surface area contributed by atoms with Crippen LogP contribution in [-0.4, -0.2) is 34.8 Å². The maximum Gasteiger partial charge on any atom is 0.326 e. The number of aromatic nitrogens is 1. The predicted molar refractivity (Wildman–Crippen MR) is 115 cm³/mol. The van der Waals surface area contributed by atoms with Crippen LogP contribution in [0.4, 0.5) is 30.5 Å². The number of nitrogens with one attached hydrogen (secondary N) is 1. The molecule has 0 saturated carbocycles. The molecule has 0 spiro atoms. The summed E-state index contributed by atoms with van der Waals surface area (Å²) in [6.45, 7) is 6.33. The second-order valence-corrected chi connectivity index (χ2v) is 8.66. The lowest BCUT2D eigenvalue weighted by atomic mass is 9.89. The van der Waals surface area contributed by atoms with E-state index in [0.29, 0.717) is 11.0 Å². The number of ketones is 1. The third-order valence-corrected chi connectivity index (χ3v) is 5.00. The first-order valence-corrected chi connectivity index (χ1v) is 10.3. The first-order chi connectivity index (χ1) is 15.8. The van der Waals surface area contributed by atoms with Crippen LogP contribution in [0.15, 0.2) is 12.1 Å². The van der Waals surface area contributed by atoms with Crippen LogP contribution in [0.25, 0.3) is 0 Å².